The van der Waals surface area contributed by atoms with Crippen molar-refractivity contribution in [2.45, 2.75) is 89.2 Å². The molecule has 4 atom stereocenters. The lowest BCUT2D eigenvalue weighted by molar-refractivity contribution is -0.138. The van der Waals surface area contributed by atoms with Crippen molar-refractivity contribution in [3.05, 3.63) is 77.1 Å². The molecule has 3 aliphatic heterocycles. The van der Waals surface area contributed by atoms with Gasteiger partial charge in [-0.05, 0) is 88.6 Å². The minimum atomic E-state index is -4.84. The summed E-state index contributed by atoms with van der Waals surface area (Å²) in [6.07, 6.45) is -3.76. The predicted molar refractivity (Wildman–Crippen MR) is 221 cm³/mol. The lowest BCUT2D eigenvalue weighted by Gasteiger charge is -2.44. The van der Waals surface area contributed by atoms with Gasteiger partial charge in [-0.15, -0.1) is 12.6 Å². The number of amides is 4. The summed E-state index contributed by atoms with van der Waals surface area (Å²) >= 11 is 4.61. The van der Waals surface area contributed by atoms with Gasteiger partial charge in [0.1, 0.15) is 29.8 Å². The normalized spacial score (nSPS) is 22.4. The number of hydrogen-bond donors (Lipinski definition) is 4. The second-order valence-corrected chi connectivity index (χ2v) is 16.3. The molecule has 320 valence electrons. The molecule has 3 aromatic carbocycles. The van der Waals surface area contributed by atoms with Gasteiger partial charge in [-0.25, -0.2) is 4.39 Å². The predicted octanol–water partition coefficient (Wildman–Crippen LogP) is 5.75. The zero-order chi connectivity index (χ0) is 43.7. The van der Waals surface area contributed by atoms with Crippen LogP contribution in [0.5, 0.6) is 5.75 Å². The molecule has 0 bridgehead atoms. The van der Waals surface area contributed by atoms with Gasteiger partial charge in [0, 0.05) is 61.3 Å². The van der Waals surface area contributed by atoms with E-state index in [4.69, 9.17) is 4.74 Å². The highest BCUT2D eigenvalue weighted by Gasteiger charge is 2.52. The third-order valence-corrected chi connectivity index (χ3v) is 11.6. The van der Waals surface area contributed by atoms with Gasteiger partial charge >= 0.3 is 6.18 Å². The van der Waals surface area contributed by atoms with Gasteiger partial charge in [-0.3, -0.25) is 39.2 Å². The van der Waals surface area contributed by atoms with E-state index in [1.165, 1.54) is 23.1 Å². The Labute approximate surface area is 351 Å². The molecule has 0 spiro atoms. The number of anilines is 4. The number of thiol groups is 1. The van der Waals surface area contributed by atoms with Crippen LogP contribution < -0.4 is 30.5 Å². The average molecular weight is 853 g/mol. The second kappa shape index (κ2) is 17.7. The van der Waals surface area contributed by atoms with E-state index in [0.29, 0.717) is 55.2 Å². The number of carbonyl (C=O) groups is 4. The Kier molecular flexibility index (Phi) is 13.0. The van der Waals surface area contributed by atoms with Crippen molar-refractivity contribution in [3.63, 3.8) is 0 Å². The van der Waals surface area contributed by atoms with Crippen LogP contribution in [0, 0.1) is 17.1 Å². The van der Waals surface area contributed by atoms with Crippen LogP contribution in [0.3, 0.4) is 0 Å². The van der Waals surface area contributed by atoms with Crippen LogP contribution in [0.1, 0.15) is 64.2 Å². The minimum Gasteiger partial charge on any atom is -0.492 e. The molecule has 3 fully saturated rings. The highest BCUT2D eigenvalue weighted by atomic mass is 32.1. The van der Waals surface area contributed by atoms with Crippen LogP contribution in [-0.2, 0) is 31.8 Å². The number of nitrogens with one attached hydrogen (secondary N) is 3. The minimum absolute atomic E-state index is 0.0209. The van der Waals surface area contributed by atoms with Gasteiger partial charge in [0.05, 0.1) is 29.4 Å². The van der Waals surface area contributed by atoms with E-state index >= 15 is 4.39 Å². The van der Waals surface area contributed by atoms with Crippen molar-refractivity contribution >= 4 is 59.0 Å². The SMILES string of the molecule is CCc1cc(N2C(S)N(c3ccc(C#N)c(C(F)(F)F)c3)C(=O)C2(C)C)c(F)cc1OCCN1C[C@@H](C)N(CC(=O)Nc2cccc(NC3CCC(=O)NC3=O)c2)[C@@H](C)C1. The fourth-order valence-corrected chi connectivity index (χ4v) is 8.76. The molecule has 2 unspecified atom stereocenters. The van der Waals surface area contributed by atoms with Gasteiger partial charge in [-0.1, -0.05) is 13.0 Å². The molecule has 0 saturated carbocycles. The maximum atomic E-state index is 16.1. The summed E-state index contributed by atoms with van der Waals surface area (Å²) in [6.45, 7) is 11.3. The van der Waals surface area contributed by atoms with Gasteiger partial charge in [0.15, 0.2) is 5.50 Å². The first kappa shape index (κ1) is 44.2. The van der Waals surface area contributed by atoms with Crippen molar-refractivity contribution < 1.29 is 41.5 Å². The molecule has 0 aliphatic carbocycles. The molecule has 3 aliphatic rings. The van der Waals surface area contributed by atoms with E-state index in [9.17, 15) is 37.6 Å². The van der Waals surface area contributed by atoms with Crippen molar-refractivity contribution in [1.82, 2.24) is 15.1 Å². The van der Waals surface area contributed by atoms with E-state index in [1.54, 1.807) is 44.2 Å². The van der Waals surface area contributed by atoms with Gasteiger partial charge in [0.25, 0.3) is 5.91 Å². The third-order valence-electron chi connectivity index (χ3n) is 11.2. The average Bonchev–Trinajstić information content (AvgIpc) is 3.35. The molecule has 3 aromatic rings. The van der Waals surface area contributed by atoms with Gasteiger partial charge in [-0.2, -0.15) is 18.4 Å². The summed E-state index contributed by atoms with van der Waals surface area (Å²) in [7, 11) is 0. The largest absolute Gasteiger partial charge is 0.492 e. The standard InChI is InChI=1S/C42H48F4N8O5S/c1-6-26-16-34(54-40(60)53(39(58)41(54,4)5)30-11-10-27(20-47)31(18-30)42(44,45)46)32(43)19-35(26)59-15-14-51-21-24(2)52(25(3)22-51)23-37(56)49-29-9-7-8-28(17-29)48-33-12-13-36(55)50-38(33)57/h7-11,16-19,24-25,33,40,48,60H,6,12-15,21-23H2,1-5H3,(H,49,56)(H,50,55,57)/t24-,25+,33?,40?. The Hall–Kier alpha value is -5.38. The van der Waals surface area contributed by atoms with E-state index < -0.39 is 46.1 Å². The fraction of sp³-hybridized carbons (Fsp3) is 0.452. The molecule has 18 heteroatoms. The number of ether oxygens (including phenoxy) is 1. The second-order valence-electron chi connectivity index (χ2n) is 15.8. The number of halogens is 4. The zero-order valence-corrected chi connectivity index (χ0v) is 34.8. The summed E-state index contributed by atoms with van der Waals surface area (Å²) in [4.78, 5) is 57.4. The van der Waals surface area contributed by atoms with E-state index in [2.05, 4.69) is 38.4 Å². The third kappa shape index (κ3) is 9.33. The Balaban J connectivity index is 1.05. The first-order valence-corrected chi connectivity index (χ1v) is 20.2. The Bertz CT molecular complexity index is 2190. The number of carbonyl (C=O) groups excluding carboxylic acids is 4. The summed E-state index contributed by atoms with van der Waals surface area (Å²) < 4.78 is 63.6. The molecular formula is C42H48F4N8O5S. The van der Waals surface area contributed by atoms with Gasteiger partial charge in [0.2, 0.25) is 17.7 Å². The topological polar surface area (TPSA) is 150 Å². The van der Waals surface area contributed by atoms with Crippen LogP contribution >= 0.6 is 12.6 Å². The summed E-state index contributed by atoms with van der Waals surface area (Å²) in [5.41, 5.74) is -2.60. The quantitative estimate of drug-likeness (QED) is 0.101. The smallest absolute Gasteiger partial charge is 0.417 e. The molecule has 0 aromatic heterocycles. The van der Waals surface area contributed by atoms with Crippen LogP contribution in [0.2, 0.25) is 0 Å². The van der Waals surface area contributed by atoms with E-state index in [1.807, 2.05) is 20.8 Å². The molecular weight excluding hydrogens is 805 g/mol. The maximum absolute atomic E-state index is 16.1. The first-order chi connectivity index (χ1) is 28.3. The molecule has 3 heterocycles. The molecule has 3 N–H and O–H groups in total. The number of alkyl halides is 3. The monoisotopic (exact) mass is 852 g/mol. The number of rotatable bonds is 12. The molecule has 4 amide bonds. The Morgan fingerprint density at radius 1 is 1.05 bits per heavy atom. The highest BCUT2D eigenvalue weighted by molar-refractivity contribution is 7.81. The summed E-state index contributed by atoms with van der Waals surface area (Å²) in [5, 5.41) is 17.6. The summed E-state index contributed by atoms with van der Waals surface area (Å²) in [6, 6.07) is 13.9. The van der Waals surface area contributed by atoms with E-state index in [0.717, 1.165) is 17.0 Å². The van der Waals surface area contributed by atoms with Gasteiger partial charge < -0.3 is 20.3 Å². The van der Waals surface area contributed by atoms with Crippen LogP contribution in [0.15, 0.2) is 54.6 Å². The number of piperidine rings is 1. The Morgan fingerprint density at radius 3 is 2.40 bits per heavy atom. The number of imide groups is 1. The van der Waals surface area contributed by atoms with Crippen molar-refractivity contribution in [2.24, 2.45) is 0 Å². The van der Waals surface area contributed by atoms with Crippen molar-refractivity contribution in [3.8, 4) is 11.8 Å². The summed E-state index contributed by atoms with van der Waals surface area (Å²) in [5.74, 6) is -1.85. The van der Waals surface area contributed by atoms with E-state index in [-0.39, 0.29) is 60.8 Å². The van der Waals surface area contributed by atoms with Crippen molar-refractivity contribution in [2.75, 3.05) is 53.2 Å². The fourth-order valence-electron chi connectivity index (χ4n) is 8.11. The van der Waals surface area contributed by atoms with Crippen LogP contribution in [0.4, 0.5) is 40.3 Å². The molecule has 3 saturated heterocycles. The molecule has 60 heavy (non-hydrogen) atoms. The number of aryl methyl sites for hydroxylation is 1. The zero-order valence-electron chi connectivity index (χ0n) is 33.9. The lowest BCUT2D eigenvalue weighted by Crippen LogP contribution is -2.58. The highest BCUT2D eigenvalue weighted by Crippen LogP contribution is 2.44. The maximum Gasteiger partial charge on any atom is 0.417 e. The molecule has 6 rings (SSSR count). The molecule has 13 nitrogen and oxygen atoms in total. The number of piperazine rings is 1. The number of nitriles is 1. The Morgan fingerprint density at radius 2 is 1.75 bits per heavy atom. The number of nitrogens with zero attached hydrogens (tertiary/aromatic N) is 5. The lowest BCUT2D eigenvalue weighted by atomic mass is 10.0. The number of hydrogen-bond acceptors (Lipinski definition) is 11. The first-order valence-electron chi connectivity index (χ1n) is 19.7. The molecule has 0 radical (unpaired) electrons. The number of benzene rings is 3. The van der Waals surface area contributed by atoms with Crippen LogP contribution in [-0.4, -0.2) is 95.4 Å². The van der Waals surface area contributed by atoms with Crippen LogP contribution in [0.25, 0.3) is 0 Å². The van der Waals surface area contributed by atoms with Crippen molar-refractivity contribution in [1.29, 1.82) is 5.26 Å².